The first kappa shape index (κ1) is 20.5. The molecule has 2 aromatic rings. The first-order valence-corrected chi connectivity index (χ1v) is 9.45. The van der Waals surface area contributed by atoms with Gasteiger partial charge in [-0.3, -0.25) is 4.79 Å². The number of halogens is 1. The Hall–Kier alpha value is -3.23. The Morgan fingerprint density at radius 3 is 2.83 bits per heavy atom. The summed E-state index contributed by atoms with van der Waals surface area (Å²) in [5, 5.41) is 2.44. The van der Waals surface area contributed by atoms with E-state index < -0.39 is 11.9 Å². The number of rotatable bonds is 7. The number of nitrogens with zero attached hydrogens (tertiary/aromatic N) is 3. The monoisotopic (exact) mass is 402 g/mol. The van der Waals surface area contributed by atoms with Gasteiger partial charge in [0.1, 0.15) is 25.6 Å². The van der Waals surface area contributed by atoms with E-state index >= 15 is 0 Å². The van der Waals surface area contributed by atoms with Crippen LogP contribution in [-0.2, 0) is 22.6 Å². The lowest BCUT2D eigenvalue weighted by Gasteiger charge is -2.17. The molecule has 1 aromatic carbocycles. The predicted octanol–water partition coefficient (Wildman–Crippen LogP) is 2.08. The molecule has 2 heterocycles. The molecule has 0 bridgehead atoms. The summed E-state index contributed by atoms with van der Waals surface area (Å²) in [4.78, 5) is 33.3. The Morgan fingerprint density at radius 2 is 2.07 bits per heavy atom. The molecule has 1 N–H and O–H groups in total. The fourth-order valence-electron chi connectivity index (χ4n) is 2.96. The maximum atomic E-state index is 14.2. The van der Waals surface area contributed by atoms with Crippen LogP contribution in [-0.4, -0.2) is 52.6 Å². The normalized spacial score (nSPS) is 15.8. The van der Waals surface area contributed by atoms with E-state index in [0.717, 1.165) is 5.56 Å². The average Bonchev–Trinajstić information content (AvgIpc) is 3.21. The third-order valence-corrected chi connectivity index (χ3v) is 4.54. The quantitative estimate of drug-likeness (QED) is 0.762. The van der Waals surface area contributed by atoms with Crippen molar-refractivity contribution in [3.63, 3.8) is 0 Å². The molecule has 9 heteroatoms. The van der Waals surface area contributed by atoms with Crippen molar-refractivity contribution in [3.05, 3.63) is 53.7 Å². The van der Waals surface area contributed by atoms with E-state index in [1.807, 2.05) is 30.3 Å². The van der Waals surface area contributed by atoms with Crippen LogP contribution >= 0.6 is 0 Å². The average molecular weight is 402 g/mol. The minimum absolute atomic E-state index is 0.0984. The van der Waals surface area contributed by atoms with Crippen molar-refractivity contribution < 1.29 is 23.5 Å². The summed E-state index contributed by atoms with van der Waals surface area (Å²) in [6, 6.07) is 9.25. The first-order valence-electron chi connectivity index (χ1n) is 9.45. The number of hydrogen-bond donors (Lipinski definition) is 1. The van der Waals surface area contributed by atoms with Gasteiger partial charge in [0.25, 0.3) is 5.88 Å². The molecule has 1 atom stereocenters. The van der Waals surface area contributed by atoms with Gasteiger partial charge < -0.3 is 19.7 Å². The second-order valence-electron chi connectivity index (χ2n) is 6.58. The molecule has 29 heavy (non-hydrogen) atoms. The number of carbonyl (C=O) groups excluding carboxylic acids is 2. The minimum atomic E-state index is -0.663. The van der Waals surface area contributed by atoms with Crippen molar-refractivity contribution >= 4 is 12.0 Å². The number of amides is 2. The number of carbonyl (C=O) groups is 2. The molecule has 3 rings (SSSR count). The second kappa shape index (κ2) is 9.81. The SMILES string of the molecule is CCc1ncnc(O[C@H]2CCN(C(=O)CNC(=O)OCc3ccccc3)C2)c1F. The summed E-state index contributed by atoms with van der Waals surface area (Å²) in [6.45, 7) is 2.50. The molecular weight excluding hydrogens is 379 g/mol. The standard InChI is InChI=1S/C20H23FN4O4/c1-2-16-18(21)19(24-13-23-16)29-15-8-9-25(11-15)17(26)10-22-20(27)28-12-14-6-4-3-5-7-14/h3-7,13,15H,2,8-12H2,1H3,(H,22,27)/t15-/m0/s1. The predicted molar refractivity (Wildman–Crippen MR) is 102 cm³/mol. The molecule has 1 aromatic heterocycles. The number of aryl methyl sites for hydroxylation is 1. The number of benzene rings is 1. The number of alkyl carbamates (subject to hydrolysis) is 1. The highest BCUT2D eigenvalue weighted by molar-refractivity contribution is 5.82. The lowest BCUT2D eigenvalue weighted by Crippen LogP contribution is -2.40. The lowest BCUT2D eigenvalue weighted by molar-refractivity contribution is -0.129. The van der Waals surface area contributed by atoms with E-state index in [2.05, 4.69) is 15.3 Å². The lowest BCUT2D eigenvalue weighted by atomic mass is 10.2. The van der Waals surface area contributed by atoms with Crippen molar-refractivity contribution in [3.8, 4) is 5.88 Å². The molecule has 0 aliphatic carbocycles. The Bertz CT molecular complexity index is 850. The zero-order valence-corrected chi connectivity index (χ0v) is 16.1. The van der Waals surface area contributed by atoms with E-state index in [9.17, 15) is 14.0 Å². The number of likely N-dealkylation sites (tertiary alicyclic amines) is 1. The number of aromatic nitrogens is 2. The molecule has 8 nitrogen and oxygen atoms in total. The summed E-state index contributed by atoms with van der Waals surface area (Å²) in [5.74, 6) is -0.925. The molecule has 2 amide bonds. The molecule has 0 radical (unpaired) electrons. The Balaban J connectivity index is 1.41. The van der Waals surface area contributed by atoms with Crippen molar-refractivity contribution in [2.45, 2.75) is 32.5 Å². The van der Waals surface area contributed by atoms with E-state index in [1.54, 1.807) is 11.8 Å². The number of nitrogens with one attached hydrogen (secondary N) is 1. The zero-order chi connectivity index (χ0) is 20.6. The van der Waals surface area contributed by atoms with Crippen LogP contribution in [0.2, 0.25) is 0 Å². The van der Waals surface area contributed by atoms with Crippen molar-refractivity contribution in [2.75, 3.05) is 19.6 Å². The topological polar surface area (TPSA) is 93.7 Å². The van der Waals surface area contributed by atoms with Crippen molar-refractivity contribution in [1.29, 1.82) is 0 Å². The summed E-state index contributed by atoms with van der Waals surface area (Å²) in [7, 11) is 0. The van der Waals surface area contributed by atoms with E-state index in [-0.39, 0.29) is 31.0 Å². The Morgan fingerprint density at radius 1 is 1.28 bits per heavy atom. The maximum absolute atomic E-state index is 14.2. The molecule has 1 fully saturated rings. The van der Waals surface area contributed by atoms with Gasteiger partial charge in [0.15, 0.2) is 0 Å². The van der Waals surface area contributed by atoms with Crippen LogP contribution in [0.15, 0.2) is 36.7 Å². The van der Waals surface area contributed by atoms with Gasteiger partial charge >= 0.3 is 6.09 Å². The van der Waals surface area contributed by atoms with Gasteiger partial charge in [-0.15, -0.1) is 0 Å². The van der Waals surface area contributed by atoms with Crippen LogP contribution in [0.5, 0.6) is 5.88 Å². The molecule has 1 aliphatic rings. The third-order valence-electron chi connectivity index (χ3n) is 4.54. The highest BCUT2D eigenvalue weighted by atomic mass is 19.1. The highest BCUT2D eigenvalue weighted by Gasteiger charge is 2.29. The minimum Gasteiger partial charge on any atom is -0.470 e. The van der Waals surface area contributed by atoms with Crippen LogP contribution in [0.4, 0.5) is 9.18 Å². The number of ether oxygens (including phenoxy) is 2. The van der Waals surface area contributed by atoms with Crippen LogP contribution in [0.3, 0.4) is 0 Å². The fourth-order valence-corrected chi connectivity index (χ4v) is 2.96. The van der Waals surface area contributed by atoms with Gasteiger partial charge in [0.05, 0.1) is 12.2 Å². The molecule has 0 saturated carbocycles. The van der Waals surface area contributed by atoms with Crippen LogP contribution in [0, 0.1) is 5.82 Å². The third kappa shape index (κ3) is 5.63. The van der Waals surface area contributed by atoms with Gasteiger partial charge in [-0.05, 0) is 12.0 Å². The van der Waals surface area contributed by atoms with Gasteiger partial charge in [-0.2, -0.15) is 9.37 Å². The number of hydrogen-bond acceptors (Lipinski definition) is 6. The molecule has 0 unspecified atom stereocenters. The fraction of sp³-hybridized carbons (Fsp3) is 0.400. The summed E-state index contributed by atoms with van der Waals surface area (Å²) in [6.07, 6.45) is 1.23. The smallest absolute Gasteiger partial charge is 0.407 e. The summed E-state index contributed by atoms with van der Waals surface area (Å²) >= 11 is 0. The van der Waals surface area contributed by atoms with E-state index in [1.165, 1.54) is 6.33 Å². The highest BCUT2D eigenvalue weighted by Crippen LogP contribution is 2.21. The largest absolute Gasteiger partial charge is 0.470 e. The van der Waals surface area contributed by atoms with Crippen molar-refractivity contribution in [1.82, 2.24) is 20.2 Å². The van der Waals surface area contributed by atoms with Gasteiger partial charge in [-0.1, -0.05) is 37.3 Å². The van der Waals surface area contributed by atoms with E-state index in [0.29, 0.717) is 31.6 Å². The van der Waals surface area contributed by atoms with Crippen molar-refractivity contribution in [2.24, 2.45) is 0 Å². The summed E-state index contributed by atoms with van der Waals surface area (Å²) < 4.78 is 24.9. The first-order chi connectivity index (χ1) is 14.1. The maximum Gasteiger partial charge on any atom is 0.407 e. The Labute approximate surface area is 168 Å². The van der Waals surface area contributed by atoms with Crippen LogP contribution in [0.25, 0.3) is 0 Å². The van der Waals surface area contributed by atoms with Gasteiger partial charge in [0.2, 0.25) is 11.7 Å². The van der Waals surface area contributed by atoms with E-state index in [4.69, 9.17) is 9.47 Å². The van der Waals surface area contributed by atoms with Gasteiger partial charge in [0, 0.05) is 13.0 Å². The van der Waals surface area contributed by atoms with Crippen LogP contribution < -0.4 is 10.1 Å². The molecule has 1 aliphatic heterocycles. The van der Waals surface area contributed by atoms with Gasteiger partial charge in [-0.25, -0.2) is 9.78 Å². The summed E-state index contributed by atoms with van der Waals surface area (Å²) in [5.41, 5.74) is 1.15. The Kier molecular flexibility index (Phi) is 6.94. The molecular formula is C20H23FN4O4. The zero-order valence-electron chi connectivity index (χ0n) is 16.1. The second-order valence-corrected chi connectivity index (χ2v) is 6.58. The molecule has 0 spiro atoms. The molecule has 1 saturated heterocycles. The molecule has 154 valence electrons. The van der Waals surface area contributed by atoms with Crippen LogP contribution in [0.1, 0.15) is 24.6 Å².